The van der Waals surface area contributed by atoms with E-state index in [2.05, 4.69) is 22.1 Å². The number of rotatable bonds is 2. The van der Waals surface area contributed by atoms with Gasteiger partial charge in [0.1, 0.15) is 5.52 Å². The van der Waals surface area contributed by atoms with Crippen LogP contribution in [0.2, 0.25) is 0 Å². The number of aromatic nitrogens is 2. The fraction of sp³-hybridized carbons (Fsp3) is 0.0714. The smallest absolute Gasteiger partial charge is 0.198 e. The minimum atomic E-state index is 0.397. The lowest BCUT2D eigenvalue weighted by Crippen LogP contribution is -1.92. The Morgan fingerprint density at radius 1 is 1.00 bits per heavy atom. The van der Waals surface area contributed by atoms with Crippen LogP contribution in [0, 0.1) is 0 Å². The molecule has 0 saturated carbocycles. The van der Waals surface area contributed by atoms with Crippen LogP contribution >= 0.6 is 0 Å². The number of aromatic amines is 1. The van der Waals surface area contributed by atoms with Crippen molar-refractivity contribution in [2.75, 3.05) is 11.5 Å². The number of hydrogen-bond donors (Lipinski definition) is 3. The standard InChI is InChI=1S/C14H14N4/c15-11-7-10(6-9-4-2-1-3-5-9)8-12-13(11)18-14(16)17-12/h1-5,7-8H,6,15H2,(H3,16,17,18). The molecule has 1 aromatic heterocycles. The Hall–Kier alpha value is -2.49. The van der Waals surface area contributed by atoms with Crippen molar-refractivity contribution in [3.05, 3.63) is 53.6 Å². The lowest BCUT2D eigenvalue weighted by molar-refractivity contribution is 1.20. The van der Waals surface area contributed by atoms with E-state index in [1.54, 1.807) is 0 Å². The third-order valence-corrected chi connectivity index (χ3v) is 2.95. The molecule has 4 heteroatoms. The first-order valence-electron chi connectivity index (χ1n) is 5.80. The fourth-order valence-corrected chi connectivity index (χ4v) is 2.16. The van der Waals surface area contributed by atoms with Crippen molar-refractivity contribution in [3.8, 4) is 0 Å². The Labute approximate surface area is 105 Å². The molecule has 0 aliphatic heterocycles. The highest BCUT2D eigenvalue weighted by Crippen LogP contribution is 2.23. The highest BCUT2D eigenvalue weighted by Gasteiger charge is 2.06. The molecule has 0 radical (unpaired) electrons. The van der Waals surface area contributed by atoms with Gasteiger partial charge in [-0.1, -0.05) is 30.3 Å². The van der Waals surface area contributed by atoms with Gasteiger partial charge in [-0.15, -0.1) is 0 Å². The molecular formula is C14H14N4. The summed E-state index contributed by atoms with van der Waals surface area (Å²) in [5.41, 5.74) is 16.3. The Morgan fingerprint density at radius 2 is 1.78 bits per heavy atom. The summed E-state index contributed by atoms with van der Waals surface area (Å²) in [6.45, 7) is 0. The van der Waals surface area contributed by atoms with Gasteiger partial charge in [0.2, 0.25) is 0 Å². The van der Waals surface area contributed by atoms with Crippen LogP contribution in [0.15, 0.2) is 42.5 Å². The number of anilines is 2. The predicted octanol–water partition coefficient (Wildman–Crippen LogP) is 2.32. The number of H-pyrrole nitrogens is 1. The number of fused-ring (bicyclic) bond motifs is 1. The van der Waals surface area contributed by atoms with Gasteiger partial charge < -0.3 is 16.5 Å². The molecule has 0 atom stereocenters. The number of nitrogens with two attached hydrogens (primary N) is 2. The van der Waals surface area contributed by atoms with Crippen molar-refractivity contribution in [2.24, 2.45) is 0 Å². The van der Waals surface area contributed by atoms with E-state index in [-0.39, 0.29) is 0 Å². The van der Waals surface area contributed by atoms with Crippen LogP contribution in [0.1, 0.15) is 11.1 Å². The summed E-state index contributed by atoms with van der Waals surface area (Å²) < 4.78 is 0. The topological polar surface area (TPSA) is 80.7 Å². The van der Waals surface area contributed by atoms with Crippen molar-refractivity contribution in [2.45, 2.75) is 6.42 Å². The second kappa shape index (κ2) is 4.07. The van der Waals surface area contributed by atoms with Gasteiger partial charge in [0.15, 0.2) is 5.95 Å². The zero-order valence-corrected chi connectivity index (χ0v) is 9.85. The van der Waals surface area contributed by atoms with Gasteiger partial charge in [-0.25, -0.2) is 4.98 Å². The molecule has 0 saturated heterocycles. The van der Waals surface area contributed by atoms with E-state index >= 15 is 0 Å². The largest absolute Gasteiger partial charge is 0.397 e. The van der Waals surface area contributed by atoms with E-state index in [9.17, 15) is 0 Å². The second-order valence-electron chi connectivity index (χ2n) is 4.37. The van der Waals surface area contributed by atoms with E-state index in [4.69, 9.17) is 11.5 Å². The maximum absolute atomic E-state index is 5.99. The van der Waals surface area contributed by atoms with Crippen molar-refractivity contribution in [1.29, 1.82) is 0 Å². The predicted molar refractivity (Wildman–Crippen MR) is 74.2 cm³/mol. The first kappa shape index (κ1) is 10.7. The summed E-state index contributed by atoms with van der Waals surface area (Å²) in [4.78, 5) is 7.17. The summed E-state index contributed by atoms with van der Waals surface area (Å²) in [6, 6.07) is 14.3. The minimum absolute atomic E-state index is 0.397. The van der Waals surface area contributed by atoms with Gasteiger partial charge in [0.25, 0.3) is 0 Å². The zero-order chi connectivity index (χ0) is 12.5. The number of nitrogens with one attached hydrogen (secondary N) is 1. The Balaban J connectivity index is 2.02. The van der Waals surface area contributed by atoms with Gasteiger partial charge in [-0.05, 0) is 29.7 Å². The molecule has 0 fully saturated rings. The summed E-state index contributed by atoms with van der Waals surface area (Å²) in [6.07, 6.45) is 0.847. The molecule has 0 unspecified atom stereocenters. The second-order valence-corrected chi connectivity index (χ2v) is 4.37. The summed E-state index contributed by atoms with van der Waals surface area (Å²) in [5.74, 6) is 0.397. The molecule has 3 rings (SSSR count). The van der Waals surface area contributed by atoms with Gasteiger partial charge in [-0.3, -0.25) is 0 Å². The molecule has 0 aliphatic rings. The highest BCUT2D eigenvalue weighted by molar-refractivity contribution is 5.89. The van der Waals surface area contributed by atoms with Crippen LogP contribution in [-0.4, -0.2) is 9.97 Å². The lowest BCUT2D eigenvalue weighted by Gasteiger charge is -2.04. The SMILES string of the molecule is Nc1nc2c(N)cc(Cc3ccccc3)cc2[nH]1. The molecule has 0 spiro atoms. The molecule has 0 aliphatic carbocycles. The molecule has 4 nitrogen and oxygen atoms in total. The number of benzene rings is 2. The minimum Gasteiger partial charge on any atom is -0.397 e. The Bertz CT molecular complexity index is 686. The Morgan fingerprint density at radius 3 is 2.56 bits per heavy atom. The molecule has 18 heavy (non-hydrogen) atoms. The molecule has 0 amide bonds. The number of hydrogen-bond acceptors (Lipinski definition) is 3. The van der Waals surface area contributed by atoms with E-state index in [0.29, 0.717) is 11.6 Å². The molecule has 2 aromatic carbocycles. The monoisotopic (exact) mass is 238 g/mol. The normalized spacial score (nSPS) is 10.9. The Kier molecular flexibility index (Phi) is 2.41. The van der Waals surface area contributed by atoms with E-state index in [1.165, 1.54) is 5.56 Å². The van der Waals surface area contributed by atoms with Crippen LogP contribution < -0.4 is 11.5 Å². The molecule has 0 bridgehead atoms. The maximum atomic E-state index is 5.99. The average Bonchev–Trinajstić information content (AvgIpc) is 2.72. The molecule has 1 heterocycles. The van der Waals surface area contributed by atoms with Crippen LogP contribution in [0.5, 0.6) is 0 Å². The number of imidazole rings is 1. The lowest BCUT2D eigenvalue weighted by atomic mass is 10.0. The average molecular weight is 238 g/mol. The zero-order valence-electron chi connectivity index (χ0n) is 9.85. The molecule has 3 aromatic rings. The van der Waals surface area contributed by atoms with Crippen molar-refractivity contribution in [3.63, 3.8) is 0 Å². The third kappa shape index (κ3) is 1.88. The van der Waals surface area contributed by atoms with Gasteiger partial charge in [0, 0.05) is 0 Å². The number of nitrogens with zero attached hydrogens (tertiary/aromatic N) is 1. The van der Waals surface area contributed by atoms with Gasteiger partial charge >= 0.3 is 0 Å². The van der Waals surface area contributed by atoms with Crippen LogP contribution in [0.3, 0.4) is 0 Å². The van der Waals surface area contributed by atoms with Gasteiger partial charge in [0.05, 0.1) is 11.2 Å². The molecule has 90 valence electrons. The number of nitrogen functional groups attached to an aromatic ring is 2. The molecule has 5 N–H and O–H groups in total. The first-order valence-corrected chi connectivity index (χ1v) is 5.80. The maximum Gasteiger partial charge on any atom is 0.198 e. The summed E-state index contributed by atoms with van der Waals surface area (Å²) >= 11 is 0. The van der Waals surface area contributed by atoms with E-state index in [1.807, 2.05) is 30.3 Å². The van der Waals surface area contributed by atoms with Crippen LogP contribution in [0.25, 0.3) is 11.0 Å². The van der Waals surface area contributed by atoms with Crippen molar-refractivity contribution < 1.29 is 0 Å². The summed E-state index contributed by atoms with van der Waals surface area (Å²) in [5, 5.41) is 0. The fourth-order valence-electron chi connectivity index (χ4n) is 2.16. The van der Waals surface area contributed by atoms with E-state index < -0.39 is 0 Å². The highest BCUT2D eigenvalue weighted by atomic mass is 15.0. The van der Waals surface area contributed by atoms with Gasteiger partial charge in [-0.2, -0.15) is 0 Å². The quantitative estimate of drug-likeness (QED) is 0.599. The summed E-state index contributed by atoms with van der Waals surface area (Å²) in [7, 11) is 0. The van der Waals surface area contributed by atoms with Crippen LogP contribution in [0.4, 0.5) is 11.6 Å². The van der Waals surface area contributed by atoms with Crippen molar-refractivity contribution in [1.82, 2.24) is 9.97 Å². The molecular weight excluding hydrogens is 224 g/mol. The van der Waals surface area contributed by atoms with E-state index in [0.717, 1.165) is 23.0 Å². The first-order chi connectivity index (χ1) is 8.72. The van der Waals surface area contributed by atoms with Crippen LogP contribution in [-0.2, 0) is 6.42 Å². The van der Waals surface area contributed by atoms with Crippen molar-refractivity contribution >= 4 is 22.7 Å². The third-order valence-electron chi connectivity index (χ3n) is 2.95.